The van der Waals surface area contributed by atoms with Crippen molar-refractivity contribution in [2.75, 3.05) is 18.5 Å². The van der Waals surface area contributed by atoms with Gasteiger partial charge in [-0.2, -0.15) is 0 Å². The number of benzene rings is 1. The van der Waals surface area contributed by atoms with Crippen LogP contribution in [0.2, 0.25) is 0 Å². The van der Waals surface area contributed by atoms with Crippen molar-refractivity contribution in [2.24, 2.45) is 41.4 Å². The molecule has 1 aliphatic heterocycles. The fourth-order valence-corrected chi connectivity index (χ4v) is 5.53. The molecule has 2 saturated carbocycles. The zero-order chi connectivity index (χ0) is 21.9. The van der Waals surface area contributed by atoms with Crippen LogP contribution in [0.3, 0.4) is 0 Å². The molecule has 1 aromatic carbocycles. The number of hydrogen-bond donors (Lipinski definition) is 1. The summed E-state index contributed by atoms with van der Waals surface area (Å²) in [7, 11) is 0. The molecule has 2 bridgehead atoms. The van der Waals surface area contributed by atoms with Gasteiger partial charge in [-0.25, -0.2) is 4.79 Å². The molecule has 3 fully saturated rings. The Bertz CT molecular complexity index is 946. The second-order valence-corrected chi connectivity index (χ2v) is 9.54. The Kier molecular flexibility index (Phi) is 4.72. The summed E-state index contributed by atoms with van der Waals surface area (Å²) in [5, 5.41) is 2.71. The highest BCUT2D eigenvalue weighted by atomic mass is 16.5. The van der Waals surface area contributed by atoms with Crippen molar-refractivity contribution in [1.82, 2.24) is 4.90 Å². The Labute approximate surface area is 180 Å². The van der Waals surface area contributed by atoms with Crippen LogP contribution >= 0.6 is 0 Å². The van der Waals surface area contributed by atoms with E-state index in [1.54, 1.807) is 24.3 Å². The topological polar surface area (TPSA) is 92.8 Å². The third-order valence-electron chi connectivity index (χ3n) is 7.01. The summed E-state index contributed by atoms with van der Waals surface area (Å²) >= 11 is 0. The summed E-state index contributed by atoms with van der Waals surface area (Å²) in [6.07, 6.45) is 5.34. The van der Waals surface area contributed by atoms with Gasteiger partial charge in [0.1, 0.15) is 6.54 Å². The Hall–Kier alpha value is -2.96. The lowest BCUT2D eigenvalue weighted by Gasteiger charge is -2.37. The summed E-state index contributed by atoms with van der Waals surface area (Å²) in [6, 6.07) is 6.37. The average molecular weight is 422 g/mol. The number of nitrogens with zero attached hydrogens (tertiary/aromatic N) is 1. The van der Waals surface area contributed by atoms with E-state index in [1.165, 1.54) is 0 Å². The van der Waals surface area contributed by atoms with Gasteiger partial charge in [0.25, 0.3) is 0 Å². The number of carbonyl (C=O) groups excluding carboxylic acids is 4. The molecule has 1 aromatic rings. The molecule has 1 saturated heterocycles. The van der Waals surface area contributed by atoms with E-state index in [1.807, 2.05) is 13.8 Å². The summed E-state index contributed by atoms with van der Waals surface area (Å²) in [5.41, 5.74) is 0.888. The number of likely N-dealkylation sites (tertiary alicyclic amines) is 1. The Balaban J connectivity index is 1.20. The molecule has 4 aliphatic carbocycles. The Morgan fingerprint density at radius 2 is 1.61 bits per heavy atom. The fourth-order valence-electron chi connectivity index (χ4n) is 5.53. The van der Waals surface area contributed by atoms with Crippen molar-refractivity contribution in [2.45, 2.75) is 20.3 Å². The maximum absolute atomic E-state index is 13.0. The molecule has 0 spiro atoms. The van der Waals surface area contributed by atoms with Crippen LogP contribution in [0.15, 0.2) is 36.4 Å². The molecule has 162 valence electrons. The van der Waals surface area contributed by atoms with E-state index in [0.717, 1.165) is 11.3 Å². The molecule has 7 heteroatoms. The maximum atomic E-state index is 13.0. The molecule has 6 atom stereocenters. The van der Waals surface area contributed by atoms with Crippen LogP contribution in [0.4, 0.5) is 5.69 Å². The molecule has 1 N–H and O–H groups in total. The van der Waals surface area contributed by atoms with E-state index in [9.17, 15) is 19.2 Å². The highest BCUT2D eigenvalue weighted by Gasteiger charge is 2.67. The van der Waals surface area contributed by atoms with Crippen molar-refractivity contribution in [3.05, 3.63) is 42.0 Å². The van der Waals surface area contributed by atoms with Gasteiger partial charge in [0, 0.05) is 5.69 Å². The molecule has 6 rings (SSSR count). The summed E-state index contributed by atoms with van der Waals surface area (Å²) in [5.74, 6) is -0.245. The zero-order valence-corrected chi connectivity index (χ0v) is 17.6. The smallest absolute Gasteiger partial charge is 0.338 e. The standard InChI is InChI=1S/C24H26N2O5/c1-12(2)11-31-24(30)13-3-5-14(6-4-13)25-19(27)10-26-22(28)20-15-7-8-16(18-9-17(15)18)21(20)23(26)29/h3-8,12,15-18,20-21H,9-11H2,1-2H3,(H,25,27)/t15-,16-,17-,18-,20-,21+/m1/s1. The number of nitrogens with one attached hydrogen (secondary N) is 1. The van der Waals surface area contributed by atoms with Gasteiger partial charge in [-0.1, -0.05) is 26.0 Å². The first-order valence-electron chi connectivity index (χ1n) is 11.0. The normalized spacial score (nSPS) is 32.2. The summed E-state index contributed by atoms with van der Waals surface area (Å²) < 4.78 is 5.19. The molecular formula is C24H26N2O5. The van der Waals surface area contributed by atoms with Crippen LogP contribution in [0.5, 0.6) is 0 Å². The molecule has 3 amide bonds. The van der Waals surface area contributed by atoms with Gasteiger partial charge in [0.2, 0.25) is 17.7 Å². The second kappa shape index (κ2) is 7.32. The van der Waals surface area contributed by atoms with Crippen LogP contribution in [0, 0.1) is 41.4 Å². The molecule has 0 radical (unpaired) electrons. The number of imide groups is 1. The SMILES string of the molecule is CC(C)COC(=O)c1ccc(NC(=O)CN2C(=O)[C@@H]3[C@@H]4C=C[C@H]([C@H]5C[C@H]45)[C@@H]3C2=O)cc1. The number of rotatable bonds is 6. The van der Waals surface area contributed by atoms with E-state index >= 15 is 0 Å². The summed E-state index contributed by atoms with van der Waals surface area (Å²) in [6.45, 7) is 3.98. The maximum Gasteiger partial charge on any atom is 0.338 e. The first-order chi connectivity index (χ1) is 14.8. The second-order valence-electron chi connectivity index (χ2n) is 9.54. The first-order valence-corrected chi connectivity index (χ1v) is 11.0. The highest BCUT2D eigenvalue weighted by molar-refractivity contribution is 6.09. The van der Waals surface area contributed by atoms with Gasteiger partial charge < -0.3 is 10.1 Å². The van der Waals surface area contributed by atoms with E-state index in [2.05, 4.69) is 17.5 Å². The Morgan fingerprint density at radius 3 is 2.16 bits per heavy atom. The van der Waals surface area contributed by atoms with E-state index in [-0.39, 0.29) is 47.9 Å². The number of anilines is 1. The highest BCUT2D eigenvalue weighted by Crippen LogP contribution is 2.65. The largest absolute Gasteiger partial charge is 0.462 e. The lowest BCUT2D eigenvalue weighted by atomic mass is 9.63. The van der Waals surface area contributed by atoms with E-state index < -0.39 is 11.9 Å². The van der Waals surface area contributed by atoms with Gasteiger partial charge in [-0.3, -0.25) is 19.3 Å². The van der Waals surface area contributed by atoms with Crippen molar-refractivity contribution in [3.8, 4) is 0 Å². The van der Waals surface area contributed by atoms with Gasteiger partial charge in [-0.15, -0.1) is 0 Å². The number of ether oxygens (including phenoxy) is 1. The molecule has 5 aliphatic rings. The predicted octanol–water partition coefficient (Wildman–Crippen LogP) is 2.49. The average Bonchev–Trinajstić information content (AvgIpc) is 3.53. The van der Waals surface area contributed by atoms with Crippen molar-refractivity contribution < 1.29 is 23.9 Å². The molecule has 1 heterocycles. The van der Waals surface area contributed by atoms with Crippen LogP contribution < -0.4 is 5.32 Å². The third-order valence-corrected chi connectivity index (χ3v) is 7.01. The lowest BCUT2D eigenvalue weighted by Crippen LogP contribution is -2.40. The lowest BCUT2D eigenvalue weighted by molar-refractivity contribution is -0.142. The van der Waals surface area contributed by atoms with E-state index in [4.69, 9.17) is 4.74 Å². The third kappa shape index (κ3) is 3.36. The van der Waals surface area contributed by atoms with Gasteiger partial charge in [0.05, 0.1) is 24.0 Å². The number of amides is 3. The quantitative estimate of drug-likeness (QED) is 0.432. The van der Waals surface area contributed by atoms with Crippen LogP contribution in [0.1, 0.15) is 30.6 Å². The zero-order valence-electron chi connectivity index (χ0n) is 17.6. The molecule has 31 heavy (non-hydrogen) atoms. The summed E-state index contributed by atoms with van der Waals surface area (Å²) in [4.78, 5) is 51.6. The van der Waals surface area contributed by atoms with Gasteiger partial charge >= 0.3 is 5.97 Å². The minimum absolute atomic E-state index is 0.146. The minimum atomic E-state index is -0.430. The first kappa shape index (κ1) is 20.0. The molecule has 7 nitrogen and oxygen atoms in total. The van der Waals surface area contributed by atoms with E-state index in [0.29, 0.717) is 29.7 Å². The number of esters is 1. The van der Waals surface area contributed by atoms with Crippen LogP contribution in [-0.4, -0.2) is 41.7 Å². The fraction of sp³-hybridized carbons (Fsp3) is 0.500. The van der Waals surface area contributed by atoms with Gasteiger partial charge in [-0.05, 0) is 60.3 Å². The van der Waals surface area contributed by atoms with Crippen LogP contribution in [0.25, 0.3) is 0 Å². The number of allylic oxidation sites excluding steroid dienone is 2. The predicted molar refractivity (Wildman–Crippen MR) is 112 cm³/mol. The van der Waals surface area contributed by atoms with Crippen molar-refractivity contribution in [3.63, 3.8) is 0 Å². The Morgan fingerprint density at radius 1 is 1.03 bits per heavy atom. The monoisotopic (exact) mass is 422 g/mol. The molecule has 0 unspecified atom stereocenters. The van der Waals surface area contributed by atoms with Gasteiger partial charge in [0.15, 0.2) is 0 Å². The van der Waals surface area contributed by atoms with Crippen molar-refractivity contribution in [1.29, 1.82) is 0 Å². The number of hydrogen-bond acceptors (Lipinski definition) is 5. The molecule has 0 aromatic heterocycles. The van der Waals surface area contributed by atoms with Crippen LogP contribution in [-0.2, 0) is 19.1 Å². The molecular weight excluding hydrogens is 396 g/mol. The minimum Gasteiger partial charge on any atom is -0.462 e. The number of carbonyl (C=O) groups is 4. The van der Waals surface area contributed by atoms with Crippen molar-refractivity contribution >= 4 is 29.4 Å².